The zero-order chi connectivity index (χ0) is 18.1. The van der Waals surface area contributed by atoms with Gasteiger partial charge in [-0.05, 0) is 53.8 Å². The van der Waals surface area contributed by atoms with Gasteiger partial charge in [-0.15, -0.1) is 0 Å². The topological polar surface area (TPSA) is 38.4 Å². The molecular formula is C21H27FN2. The molecule has 0 aliphatic carbocycles. The molecule has 1 aliphatic rings. The Morgan fingerprint density at radius 1 is 1.38 bits per heavy atom. The SMILES string of the molecule is C=CC(/C=C\C)=C(\CN)C1=CC=NC1c1ccc(F)c(C)c1.CC. The highest BCUT2D eigenvalue weighted by Crippen LogP contribution is 2.35. The highest BCUT2D eigenvalue weighted by molar-refractivity contribution is 5.79. The number of allylic oxidation sites excluding steroid dienone is 5. The van der Waals surface area contributed by atoms with Crippen molar-refractivity contribution in [1.82, 2.24) is 0 Å². The van der Waals surface area contributed by atoms with Crippen LogP contribution in [0.15, 0.2) is 70.8 Å². The van der Waals surface area contributed by atoms with Crippen molar-refractivity contribution in [2.45, 2.75) is 33.7 Å². The van der Waals surface area contributed by atoms with Crippen LogP contribution in [0.2, 0.25) is 0 Å². The average Bonchev–Trinajstić information content (AvgIpc) is 3.08. The van der Waals surface area contributed by atoms with Crippen LogP contribution in [0.5, 0.6) is 0 Å². The Labute approximate surface area is 145 Å². The number of aliphatic imine (C=N–C) groups is 1. The van der Waals surface area contributed by atoms with E-state index in [1.807, 2.05) is 45.1 Å². The third-order valence-electron chi connectivity index (χ3n) is 3.75. The third-order valence-corrected chi connectivity index (χ3v) is 3.75. The van der Waals surface area contributed by atoms with Crippen LogP contribution < -0.4 is 5.73 Å². The van der Waals surface area contributed by atoms with Crippen molar-refractivity contribution in [2.24, 2.45) is 10.7 Å². The molecule has 128 valence electrons. The van der Waals surface area contributed by atoms with Gasteiger partial charge in [0.25, 0.3) is 0 Å². The monoisotopic (exact) mass is 326 g/mol. The van der Waals surface area contributed by atoms with Crippen molar-refractivity contribution in [2.75, 3.05) is 6.54 Å². The van der Waals surface area contributed by atoms with E-state index in [4.69, 9.17) is 5.73 Å². The first-order chi connectivity index (χ1) is 11.6. The number of nitrogens with zero attached hydrogens (tertiary/aromatic N) is 1. The molecule has 0 bridgehead atoms. The molecule has 0 amide bonds. The van der Waals surface area contributed by atoms with E-state index in [2.05, 4.69) is 11.6 Å². The largest absolute Gasteiger partial charge is 0.326 e. The van der Waals surface area contributed by atoms with E-state index in [-0.39, 0.29) is 11.9 Å². The average molecular weight is 326 g/mol. The first-order valence-corrected chi connectivity index (χ1v) is 8.30. The Bertz CT molecular complexity index is 694. The Balaban J connectivity index is 0.00000139. The van der Waals surface area contributed by atoms with Gasteiger partial charge >= 0.3 is 0 Å². The van der Waals surface area contributed by atoms with Crippen LogP contribution >= 0.6 is 0 Å². The molecule has 0 radical (unpaired) electrons. The summed E-state index contributed by atoms with van der Waals surface area (Å²) in [6.07, 6.45) is 9.50. The predicted octanol–water partition coefficient (Wildman–Crippen LogP) is 5.23. The molecule has 1 unspecified atom stereocenters. The summed E-state index contributed by atoms with van der Waals surface area (Å²) in [5.41, 5.74) is 10.6. The summed E-state index contributed by atoms with van der Waals surface area (Å²) in [7, 11) is 0. The van der Waals surface area contributed by atoms with Crippen LogP contribution in [-0.2, 0) is 0 Å². The minimum absolute atomic E-state index is 0.141. The standard InChI is InChI=1S/C19H21FN2.C2H6/c1-4-6-14(5-2)17(12-21)16-9-10-22-19(16)15-7-8-18(20)13(3)11-15;1-2/h4-11,19H,2,12,21H2,1,3H3;1-2H3/b6-4-,17-14-;. The summed E-state index contributed by atoms with van der Waals surface area (Å²) in [5, 5.41) is 0. The van der Waals surface area contributed by atoms with Crippen molar-refractivity contribution in [3.63, 3.8) is 0 Å². The van der Waals surface area contributed by atoms with E-state index in [1.165, 1.54) is 6.07 Å². The number of halogens is 1. The number of nitrogens with two attached hydrogens (primary N) is 1. The van der Waals surface area contributed by atoms with E-state index in [1.54, 1.807) is 25.3 Å². The van der Waals surface area contributed by atoms with E-state index >= 15 is 0 Å². The molecule has 2 rings (SSSR count). The summed E-state index contributed by atoms with van der Waals surface area (Å²) in [5.74, 6) is -0.202. The maximum Gasteiger partial charge on any atom is 0.126 e. The van der Waals surface area contributed by atoms with Crippen LogP contribution in [0, 0.1) is 12.7 Å². The molecule has 0 saturated carbocycles. The second-order valence-corrected chi connectivity index (χ2v) is 5.17. The maximum atomic E-state index is 13.5. The Morgan fingerprint density at radius 2 is 2.08 bits per heavy atom. The second kappa shape index (κ2) is 9.78. The summed E-state index contributed by atoms with van der Waals surface area (Å²) in [6, 6.07) is 4.97. The van der Waals surface area contributed by atoms with Crippen molar-refractivity contribution in [3.8, 4) is 0 Å². The summed E-state index contributed by atoms with van der Waals surface area (Å²) in [6.45, 7) is 12.0. The smallest absolute Gasteiger partial charge is 0.126 e. The van der Waals surface area contributed by atoms with E-state index < -0.39 is 0 Å². The lowest BCUT2D eigenvalue weighted by Gasteiger charge is -2.18. The molecule has 2 N–H and O–H groups in total. The summed E-state index contributed by atoms with van der Waals surface area (Å²) < 4.78 is 13.5. The lowest BCUT2D eigenvalue weighted by molar-refractivity contribution is 0.617. The lowest BCUT2D eigenvalue weighted by Crippen LogP contribution is -2.11. The number of hydrogen-bond donors (Lipinski definition) is 1. The zero-order valence-corrected chi connectivity index (χ0v) is 15.0. The molecule has 1 heterocycles. The van der Waals surface area contributed by atoms with Gasteiger partial charge in [0.1, 0.15) is 11.9 Å². The van der Waals surface area contributed by atoms with Gasteiger partial charge in [0.15, 0.2) is 0 Å². The molecule has 0 spiro atoms. The van der Waals surface area contributed by atoms with Crippen LogP contribution in [0.4, 0.5) is 4.39 Å². The van der Waals surface area contributed by atoms with Gasteiger partial charge in [0.2, 0.25) is 0 Å². The van der Waals surface area contributed by atoms with Gasteiger partial charge in [-0.2, -0.15) is 0 Å². The maximum absolute atomic E-state index is 13.5. The minimum Gasteiger partial charge on any atom is -0.326 e. The second-order valence-electron chi connectivity index (χ2n) is 5.17. The summed E-state index contributed by atoms with van der Waals surface area (Å²) >= 11 is 0. The first kappa shape index (κ1) is 19.8. The zero-order valence-electron chi connectivity index (χ0n) is 15.0. The predicted molar refractivity (Wildman–Crippen MR) is 103 cm³/mol. The highest BCUT2D eigenvalue weighted by Gasteiger charge is 2.22. The van der Waals surface area contributed by atoms with Crippen molar-refractivity contribution >= 4 is 6.21 Å². The minimum atomic E-state index is -0.202. The van der Waals surface area contributed by atoms with Gasteiger partial charge in [-0.1, -0.05) is 50.8 Å². The molecule has 1 aliphatic heterocycles. The van der Waals surface area contributed by atoms with E-state index in [9.17, 15) is 4.39 Å². The molecule has 24 heavy (non-hydrogen) atoms. The van der Waals surface area contributed by atoms with Crippen LogP contribution in [-0.4, -0.2) is 12.8 Å². The van der Waals surface area contributed by atoms with E-state index in [0.717, 1.165) is 22.3 Å². The Morgan fingerprint density at radius 3 is 2.62 bits per heavy atom. The molecule has 2 nitrogen and oxygen atoms in total. The number of hydrogen-bond acceptors (Lipinski definition) is 2. The van der Waals surface area contributed by atoms with Crippen molar-refractivity contribution < 1.29 is 4.39 Å². The Kier molecular flexibility index (Phi) is 8.07. The fraction of sp³-hybridized carbons (Fsp3) is 0.286. The van der Waals surface area contributed by atoms with Crippen molar-refractivity contribution in [3.05, 3.63) is 82.7 Å². The van der Waals surface area contributed by atoms with Gasteiger partial charge < -0.3 is 5.73 Å². The highest BCUT2D eigenvalue weighted by atomic mass is 19.1. The number of rotatable bonds is 5. The number of benzene rings is 1. The normalized spacial score (nSPS) is 17.2. The quantitative estimate of drug-likeness (QED) is 0.739. The van der Waals surface area contributed by atoms with Crippen LogP contribution in [0.1, 0.15) is 37.9 Å². The molecule has 1 aromatic rings. The van der Waals surface area contributed by atoms with Crippen LogP contribution in [0.3, 0.4) is 0 Å². The molecule has 0 saturated heterocycles. The van der Waals surface area contributed by atoms with Crippen LogP contribution in [0.25, 0.3) is 0 Å². The van der Waals surface area contributed by atoms with Gasteiger partial charge in [0, 0.05) is 12.8 Å². The molecule has 0 aromatic heterocycles. The molecule has 1 aromatic carbocycles. The third kappa shape index (κ3) is 4.39. The first-order valence-electron chi connectivity index (χ1n) is 8.30. The summed E-state index contributed by atoms with van der Waals surface area (Å²) in [4.78, 5) is 4.52. The lowest BCUT2D eigenvalue weighted by atomic mass is 9.90. The Hall–Kier alpha value is -2.26. The molecule has 0 fully saturated rings. The van der Waals surface area contributed by atoms with Gasteiger partial charge in [-0.3, -0.25) is 4.99 Å². The fourth-order valence-electron chi connectivity index (χ4n) is 2.62. The van der Waals surface area contributed by atoms with E-state index in [0.29, 0.717) is 12.1 Å². The molecule has 3 heteroatoms. The fourth-order valence-corrected chi connectivity index (χ4v) is 2.62. The molecule has 1 atom stereocenters. The molecular weight excluding hydrogens is 299 g/mol. The van der Waals surface area contributed by atoms with Gasteiger partial charge in [0.05, 0.1) is 0 Å². The van der Waals surface area contributed by atoms with Gasteiger partial charge in [-0.25, -0.2) is 4.39 Å². The number of aryl methyl sites for hydroxylation is 1. The van der Waals surface area contributed by atoms with Crippen molar-refractivity contribution in [1.29, 1.82) is 0 Å².